The lowest BCUT2D eigenvalue weighted by molar-refractivity contribution is -0.745. The van der Waals surface area contributed by atoms with Crippen molar-refractivity contribution in [3.63, 3.8) is 0 Å². The van der Waals surface area contributed by atoms with E-state index in [1.54, 1.807) is 22.6 Å². The van der Waals surface area contributed by atoms with Gasteiger partial charge in [0.05, 0.1) is 26.7 Å². The van der Waals surface area contributed by atoms with Crippen molar-refractivity contribution in [2.45, 2.75) is 55.6 Å². The minimum atomic E-state index is -3.92. The van der Waals surface area contributed by atoms with Gasteiger partial charge in [0.15, 0.2) is 18.3 Å². The second-order valence-electron chi connectivity index (χ2n) is 8.96. The number of sulfonamides is 1. The molecule has 3 heterocycles. The van der Waals surface area contributed by atoms with Crippen molar-refractivity contribution in [2.24, 2.45) is 0 Å². The van der Waals surface area contributed by atoms with E-state index in [4.69, 9.17) is 13.0 Å². The summed E-state index contributed by atoms with van der Waals surface area (Å²) in [6, 6.07) is 18.6. The topological polar surface area (TPSA) is 111 Å². The molecule has 35 heavy (non-hydrogen) atoms. The molecule has 0 N–H and O–H groups in total. The number of hydrogen-bond acceptors (Lipinski definition) is 6. The van der Waals surface area contributed by atoms with Gasteiger partial charge < -0.3 is 4.55 Å². The van der Waals surface area contributed by atoms with Gasteiger partial charge in [-0.15, -0.1) is 0 Å². The molecule has 0 bridgehead atoms. The van der Waals surface area contributed by atoms with Crippen LogP contribution in [0.2, 0.25) is 0 Å². The van der Waals surface area contributed by atoms with E-state index in [-0.39, 0.29) is 12.1 Å². The minimum absolute atomic E-state index is 0.0861. The van der Waals surface area contributed by atoms with Crippen LogP contribution in [-0.4, -0.2) is 43.0 Å². The molecular weight excluding hydrogens is 486 g/mol. The Balaban J connectivity index is 0.000000527. The van der Waals surface area contributed by atoms with Crippen molar-refractivity contribution in [3.05, 3.63) is 90.0 Å². The van der Waals surface area contributed by atoms with Gasteiger partial charge in [-0.25, -0.2) is 16.8 Å². The Morgan fingerprint density at radius 1 is 0.943 bits per heavy atom. The fraction of sp³-hybridized carbons (Fsp3) is 0.360. The van der Waals surface area contributed by atoms with Crippen molar-refractivity contribution in [1.82, 2.24) is 9.29 Å². The number of aryl methyl sites for hydroxylation is 1. The molecule has 1 aromatic carbocycles. The third-order valence-electron chi connectivity index (χ3n) is 6.40. The summed E-state index contributed by atoms with van der Waals surface area (Å²) < 4.78 is 59.4. The first-order valence-electron chi connectivity index (χ1n) is 11.5. The van der Waals surface area contributed by atoms with Crippen LogP contribution in [0.4, 0.5) is 0 Å². The summed E-state index contributed by atoms with van der Waals surface area (Å²) in [5.74, 6) is 0. The van der Waals surface area contributed by atoms with Gasteiger partial charge in [-0.05, 0) is 44.0 Å². The standard InChI is InChI=1S/C24H26N3O2S.CH4O3S/c1-18-12-14-19(15-13-18)30(28,29)27-22-10-3-2-9-21(22)26-17-7-5-11-23(26)24(27)20-8-4-6-16-25-20;1-5(2,3)4/h4-8,11-17,21-22,24H,2-3,9-10H2,1H3;1H3,(H,2,3,4)/q+1;/p-1/t21-,22+,24?;/m1./s1. The van der Waals surface area contributed by atoms with Gasteiger partial charge in [-0.2, -0.15) is 8.87 Å². The van der Waals surface area contributed by atoms with Crippen LogP contribution in [0.5, 0.6) is 0 Å². The molecule has 0 saturated heterocycles. The normalized spacial score (nSPS) is 22.3. The Morgan fingerprint density at radius 2 is 1.60 bits per heavy atom. The van der Waals surface area contributed by atoms with Crippen LogP contribution in [0, 0.1) is 6.92 Å². The highest BCUT2D eigenvalue weighted by atomic mass is 32.2. The SMILES string of the molecule is CS(=O)(=O)[O-].Cc1ccc(S(=O)(=O)N2C(c3ccccn3)c3cccc[n+]3[C@@H]3CCCC[C@@H]32)cc1. The van der Waals surface area contributed by atoms with Crippen LogP contribution in [0.3, 0.4) is 0 Å². The quantitative estimate of drug-likeness (QED) is 0.391. The van der Waals surface area contributed by atoms with Crippen LogP contribution in [0.15, 0.2) is 78.0 Å². The van der Waals surface area contributed by atoms with E-state index in [2.05, 4.69) is 15.7 Å². The Kier molecular flexibility index (Phi) is 7.37. The molecule has 1 saturated carbocycles. The summed E-state index contributed by atoms with van der Waals surface area (Å²) in [7, 11) is -7.63. The Hall–Kier alpha value is -2.66. The number of nitrogens with zero attached hydrogens (tertiary/aromatic N) is 3. The van der Waals surface area contributed by atoms with Crippen molar-refractivity contribution in [3.8, 4) is 0 Å². The van der Waals surface area contributed by atoms with E-state index in [0.29, 0.717) is 11.2 Å². The van der Waals surface area contributed by atoms with Crippen LogP contribution >= 0.6 is 0 Å². The molecule has 2 aromatic heterocycles. The summed E-state index contributed by atoms with van der Waals surface area (Å²) in [5, 5.41) is 0. The van der Waals surface area contributed by atoms with Gasteiger partial charge in [-0.1, -0.05) is 36.2 Å². The predicted molar refractivity (Wildman–Crippen MR) is 130 cm³/mol. The molecule has 0 spiro atoms. The van der Waals surface area contributed by atoms with Crippen LogP contribution < -0.4 is 4.57 Å². The molecule has 3 aromatic rings. The molecule has 10 heteroatoms. The first-order chi connectivity index (χ1) is 16.6. The van der Waals surface area contributed by atoms with E-state index in [9.17, 15) is 8.42 Å². The lowest BCUT2D eigenvalue weighted by atomic mass is 9.86. The summed E-state index contributed by atoms with van der Waals surface area (Å²) in [5.41, 5.74) is 2.79. The summed E-state index contributed by atoms with van der Waals surface area (Å²) in [6.45, 7) is 1.97. The second-order valence-corrected chi connectivity index (χ2v) is 12.2. The highest BCUT2D eigenvalue weighted by molar-refractivity contribution is 7.89. The maximum absolute atomic E-state index is 14.0. The number of pyridine rings is 2. The Bertz CT molecular complexity index is 1370. The van der Waals surface area contributed by atoms with E-state index in [0.717, 1.165) is 42.6 Å². The molecule has 1 fully saturated rings. The maximum atomic E-state index is 14.0. The zero-order chi connectivity index (χ0) is 25.2. The van der Waals surface area contributed by atoms with Gasteiger partial charge in [0.2, 0.25) is 15.7 Å². The van der Waals surface area contributed by atoms with Crippen LogP contribution in [0.25, 0.3) is 0 Å². The average molecular weight is 516 g/mol. The number of benzene rings is 1. The molecule has 1 aliphatic carbocycles. The molecule has 1 unspecified atom stereocenters. The van der Waals surface area contributed by atoms with E-state index >= 15 is 0 Å². The number of rotatable bonds is 3. The summed E-state index contributed by atoms with van der Waals surface area (Å²) in [6.07, 6.45) is 8.46. The third kappa shape index (κ3) is 5.61. The van der Waals surface area contributed by atoms with Crippen molar-refractivity contribution in [2.75, 3.05) is 6.26 Å². The monoisotopic (exact) mass is 515 g/mol. The predicted octanol–water partition coefficient (Wildman–Crippen LogP) is 3.12. The summed E-state index contributed by atoms with van der Waals surface area (Å²) in [4.78, 5) is 4.94. The molecular formula is C25H29N3O5S2. The van der Waals surface area contributed by atoms with Gasteiger partial charge >= 0.3 is 0 Å². The number of hydrogen-bond donors (Lipinski definition) is 0. The molecule has 0 amide bonds. The van der Waals surface area contributed by atoms with E-state index in [1.807, 2.05) is 55.5 Å². The Morgan fingerprint density at radius 3 is 2.26 bits per heavy atom. The number of aromatic nitrogens is 2. The van der Waals surface area contributed by atoms with Crippen molar-refractivity contribution in [1.29, 1.82) is 0 Å². The zero-order valence-electron chi connectivity index (χ0n) is 19.7. The summed E-state index contributed by atoms with van der Waals surface area (Å²) >= 11 is 0. The van der Waals surface area contributed by atoms with E-state index < -0.39 is 26.2 Å². The highest BCUT2D eigenvalue weighted by Crippen LogP contribution is 2.43. The minimum Gasteiger partial charge on any atom is -0.748 e. The number of fused-ring (bicyclic) bond motifs is 3. The maximum Gasteiger partial charge on any atom is 0.244 e. The van der Waals surface area contributed by atoms with Gasteiger partial charge in [-0.3, -0.25) is 4.98 Å². The zero-order valence-corrected chi connectivity index (χ0v) is 21.3. The van der Waals surface area contributed by atoms with Gasteiger partial charge in [0, 0.05) is 31.0 Å². The molecule has 2 aliphatic rings. The Labute approximate surface area is 207 Å². The molecule has 1 aliphatic heterocycles. The first-order valence-corrected chi connectivity index (χ1v) is 14.7. The van der Waals surface area contributed by atoms with Crippen molar-refractivity contribution < 1.29 is 26.0 Å². The van der Waals surface area contributed by atoms with Crippen LogP contribution in [-0.2, 0) is 20.1 Å². The third-order valence-corrected chi connectivity index (χ3v) is 8.30. The van der Waals surface area contributed by atoms with Crippen LogP contribution in [0.1, 0.15) is 54.7 Å². The second kappa shape index (κ2) is 10.1. The first kappa shape index (κ1) is 25.4. The largest absolute Gasteiger partial charge is 0.748 e. The smallest absolute Gasteiger partial charge is 0.244 e. The average Bonchev–Trinajstić information content (AvgIpc) is 2.83. The molecule has 5 rings (SSSR count). The lowest BCUT2D eigenvalue weighted by Gasteiger charge is -2.43. The molecule has 186 valence electrons. The van der Waals surface area contributed by atoms with Gasteiger partial charge in [0.25, 0.3) is 0 Å². The van der Waals surface area contributed by atoms with Crippen molar-refractivity contribution >= 4 is 20.1 Å². The highest BCUT2D eigenvalue weighted by Gasteiger charge is 2.53. The lowest BCUT2D eigenvalue weighted by Crippen LogP contribution is -2.63. The molecule has 0 radical (unpaired) electrons. The fourth-order valence-corrected chi connectivity index (χ4v) is 6.83. The van der Waals surface area contributed by atoms with E-state index in [1.165, 1.54) is 0 Å². The molecule has 3 atom stereocenters. The van der Waals surface area contributed by atoms with Gasteiger partial charge in [0.1, 0.15) is 0 Å². The molecule has 8 nitrogen and oxygen atoms in total. The fourth-order valence-electron chi connectivity index (χ4n) is 5.01.